The van der Waals surface area contributed by atoms with Gasteiger partial charge < -0.3 is 0 Å². The summed E-state index contributed by atoms with van der Waals surface area (Å²) in [5.41, 5.74) is 3.15. The van der Waals surface area contributed by atoms with E-state index in [4.69, 9.17) is 0 Å². The van der Waals surface area contributed by atoms with E-state index in [1.165, 1.54) is 56.2 Å². The summed E-state index contributed by atoms with van der Waals surface area (Å²) in [6.45, 7) is 0. The molecule has 2 unspecified atom stereocenters. The Labute approximate surface area is 99.5 Å². The van der Waals surface area contributed by atoms with E-state index in [9.17, 15) is 0 Å². The zero-order valence-corrected chi connectivity index (χ0v) is 10.4. The summed E-state index contributed by atoms with van der Waals surface area (Å²) in [4.78, 5) is 0. The van der Waals surface area contributed by atoms with Crippen LogP contribution in [-0.2, 0) is 31.3 Å². The topological polar surface area (TPSA) is 3.24 Å². The van der Waals surface area contributed by atoms with Crippen molar-refractivity contribution in [3.8, 4) is 0 Å². The van der Waals surface area contributed by atoms with Crippen LogP contribution in [0.1, 0.15) is 30.7 Å². The zero-order valence-electron chi connectivity index (χ0n) is 7.61. The van der Waals surface area contributed by atoms with Crippen LogP contribution >= 0.6 is 0 Å². The first-order valence-corrected chi connectivity index (χ1v) is 6.28. The molecule has 1 saturated carbocycles. The fraction of sp³-hybridized carbons (Fsp3) is 0.455. The van der Waals surface area contributed by atoms with Gasteiger partial charge in [-0.3, -0.25) is 0 Å². The van der Waals surface area contributed by atoms with Gasteiger partial charge in [-0.1, -0.05) is 0 Å². The molecular formula is C11H12NY. The van der Waals surface area contributed by atoms with E-state index in [-0.39, 0.29) is 0 Å². The summed E-state index contributed by atoms with van der Waals surface area (Å²) in [6.07, 6.45) is 4.26. The second kappa shape index (κ2) is 3.07. The number of nitrogens with zero attached hydrogens (tertiary/aromatic N) is 1. The van der Waals surface area contributed by atoms with E-state index in [2.05, 4.69) is 26.3 Å². The predicted octanol–water partition coefficient (Wildman–Crippen LogP) is 2.60. The number of rotatable bonds is 0. The van der Waals surface area contributed by atoms with Crippen LogP contribution in [0.15, 0.2) is 24.3 Å². The molecule has 13 heavy (non-hydrogen) atoms. The van der Waals surface area contributed by atoms with Crippen LogP contribution in [0.25, 0.3) is 0 Å². The Kier molecular flexibility index (Phi) is 1.99. The van der Waals surface area contributed by atoms with Crippen LogP contribution in [0.5, 0.6) is 0 Å². The minimum absolute atomic E-state index is 0.861. The quantitative estimate of drug-likeness (QED) is 0.681. The molecule has 0 radical (unpaired) electrons. The predicted molar refractivity (Wildman–Crippen MR) is 49.3 cm³/mol. The number of anilines is 1. The van der Waals surface area contributed by atoms with E-state index in [1.54, 1.807) is 5.56 Å². The number of fused-ring (bicyclic) bond motifs is 3. The van der Waals surface area contributed by atoms with E-state index in [1.807, 2.05) is 0 Å². The van der Waals surface area contributed by atoms with Crippen molar-refractivity contribution in [3.05, 3.63) is 29.8 Å². The standard InChI is InChI=1S/C11H12N.Y/c1-2-6-10-8(4-1)9-5-3-7-11(9)12-10;/h1-2,4,6,9,11H,3,5,7H2;/q-1;+1. The second-order valence-corrected chi connectivity index (χ2v) is 5.44. The molecule has 0 amide bonds. The first-order valence-electron chi connectivity index (χ1n) is 5.01. The second-order valence-electron chi connectivity index (χ2n) is 4.07. The molecule has 0 spiro atoms. The summed E-state index contributed by atoms with van der Waals surface area (Å²) < 4.78 is 2.61. The van der Waals surface area contributed by atoms with Gasteiger partial charge in [0.15, 0.2) is 0 Å². The van der Waals surface area contributed by atoms with Crippen molar-refractivity contribution in [3.63, 3.8) is 0 Å². The Balaban J connectivity index is 2.13. The number of hydrogen-bond donors (Lipinski definition) is 0. The van der Waals surface area contributed by atoms with Crippen LogP contribution in [0.2, 0.25) is 0 Å². The minimum atomic E-state index is 0.861. The number of para-hydroxylation sites is 1. The Hall–Kier alpha value is 0.124. The third kappa shape index (κ3) is 1.13. The first-order chi connectivity index (χ1) is 6.38. The van der Waals surface area contributed by atoms with E-state index in [0.717, 1.165) is 12.0 Å². The van der Waals surface area contributed by atoms with E-state index < -0.39 is 0 Å². The molecule has 1 nitrogen and oxygen atoms in total. The van der Waals surface area contributed by atoms with Gasteiger partial charge >= 0.3 is 100 Å². The summed E-state index contributed by atoms with van der Waals surface area (Å²) in [6, 6.07) is 9.84. The van der Waals surface area contributed by atoms with Gasteiger partial charge in [0.2, 0.25) is 0 Å². The Bertz CT molecular complexity index is 337. The molecule has 2 aliphatic rings. The SMILES string of the molecule is [Y][N]1c2ccccc2C2CCCC21. The molecule has 1 aliphatic heterocycles. The van der Waals surface area contributed by atoms with Gasteiger partial charge in [-0.2, -0.15) is 0 Å². The third-order valence-electron chi connectivity index (χ3n) is 3.45. The van der Waals surface area contributed by atoms with Crippen molar-refractivity contribution in [1.82, 2.24) is 0 Å². The molecule has 1 fully saturated rings. The van der Waals surface area contributed by atoms with E-state index >= 15 is 0 Å². The molecule has 1 aliphatic carbocycles. The molecule has 1 heterocycles. The molecule has 2 heteroatoms. The van der Waals surface area contributed by atoms with Crippen molar-refractivity contribution in [1.29, 1.82) is 0 Å². The average Bonchev–Trinajstić information content (AvgIpc) is 2.72. The van der Waals surface area contributed by atoms with Crippen LogP contribution in [0.4, 0.5) is 5.69 Å². The zero-order chi connectivity index (χ0) is 8.84. The summed E-state index contributed by atoms with van der Waals surface area (Å²) in [5.74, 6) is 0.867. The van der Waals surface area contributed by atoms with Crippen LogP contribution in [0.3, 0.4) is 0 Å². The van der Waals surface area contributed by atoms with Crippen molar-refractivity contribution >= 4 is 5.69 Å². The molecular weight excluding hydrogens is 235 g/mol. The normalized spacial score (nSPS) is 30.2. The molecule has 1 aromatic carbocycles. The molecule has 0 N–H and O–H groups in total. The fourth-order valence-corrected chi connectivity index (χ4v) is 4.31. The molecule has 3 rings (SSSR count). The Morgan fingerprint density at radius 3 is 3.00 bits per heavy atom. The van der Waals surface area contributed by atoms with Gasteiger partial charge in [0.1, 0.15) is 0 Å². The average molecular weight is 247 g/mol. The molecule has 0 aromatic heterocycles. The fourth-order valence-electron chi connectivity index (χ4n) is 2.85. The van der Waals surface area contributed by atoms with Crippen LogP contribution in [-0.4, -0.2) is 6.04 Å². The van der Waals surface area contributed by atoms with Crippen molar-refractivity contribution in [2.75, 3.05) is 2.03 Å². The monoisotopic (exact) mass is 247 g/mol. The maximum absolute atomic E-state index is 2.61. The van der Waals surface area contributed by atoms with Crippen molar-refractivity contribution < 1.29 is 31.3 Å². The summed E-state index contributed by atoms with van der Waals surface area (Å²) in [7, 11) is 0. The Morgan fingerprint density at radius 1 is 1.23 bits per heavy atom. The van der Waals surface area contributed by atoms with Gasteiger partial charge in [-0.15, -0.1) is 0 Å². The number of benzene rings is 1. The first kappa shape index (κ1) is 8.43. The van der Waals surface area contributed by atoms with Gasteiger partial charge in [0.25, 0.3) is 0 Å². The maximum atomic E-state index is 2.61. The van der Waals surface area contributed by atoms with Crippen molar-refractivity contribution in [2.45, 2.75) is 31.2 Å². The molecule has 0 saturated heterocycles. The van der Waals surface area contributed by atoms with E-state index in [0.29, 0.717) is 0 Å². The van der Waals surface area contributed by atoms with Crippen LogP contribution < -0.4 is 2.03 Å². The van der Waals surface area contributed by atoms with Gasteiger partial charge in [0.05, 0.1) is 0 Å². The van der Waals surface area contributed by atoms with Crippen LogP contribution in [0, 0.1) is 0 Å². The molecule has 0 bridgehead atoms. The summed E-state index contributed by atoms with van der Waals surface area (Å²) in [5, 5.41) is 0. The van der Waals surface area contributed by atoms with Gasteiger partial charge in [-0.05, 0) is 0 Å². The molecule has 2 atom stereocenters. The Morgan fingerprint density at radius 2 is 2.08 bits per heavy atom. The van der Waals surface area contributed by atoms with Crippen molar-refractivity contribution in [2.24, 2.45) is 0 Å². The third-order valence-corrected chi connectivity index (χ3v) is 5.08. The molecule has 64 valence electrons. The molecule has 1 aromatic rings. The number of hydrogen-bond acceptors (Lipinski definition) is 1. The summed E-state index contributed by atoms with van der Waals surface area (Å²) >= 11 is 1.25. The van der Waals surface area contributed by atoms with Gasteiger partial charge in [0, 0.05) is 0 Å². The van der Waals surface area contributed by atoms with Gasteiger partial charge in [-0.25, -0.2) is 0 Å².